The summed E-state index contributed by atoms with van der Waals surface area (Å²) in [5.41, 5.74) is 0. The van der Waals surface area contributed by atoms with Gasteiger partial charge in [0.25, 0.3) is 0 Å². The average molecular weight is 173 g/mol. The summed E-state index contributed by atoms with van der Waals surface area (Å²) < 4.78 is 0. The van der Waals surface area contributed by atoms with Crippen molar-refractivity contribution in [2.24, 2.45) is 5.92 Å². The monoisotopic (exact) mass is 172 g/mol. The van der Waals surface area contributed by atoms with E-state index in [-0.39, 0.29) is 5.24 Å². The van der Waals surface area contributed by atoms with Crippen LogP contribution in [0.4, 0.5) is 0 Å². The molecule has 1 fully saturated rings. The predicted molar refractivity (Wildman–Crippen MR) is 46.6 cm³/mol. The topological polar surface area (TPSA) is 17.1 Å². The van der Waals surface area contributed by atoms with E-state index in [1.54, 1.807) is 0 Å². The van der Waals surface area contributed by atoms with Crippen molar-refractivity contribution in [2.75, 3.05) is 0 Å². The Kier molecular flexibility index (Phi) is 3.64. The smallest absolute Gasteiger partial charge is 0.244 e. The van der Waals surface area contributed by atoms with Crippen LogP contribution in [0.25, 0.3) is 0 Å². The van der Waals surface area contributed by atoms with Gasteiger partial charge in [-0.3, -0.25) is 4.79 Å². The Balaban J connectivity index is 2.29. The molecule has 0 N–H and O–H groups in total. The second-order valence-electron chi connectivity index (χ2n) is 3.06. The fraction of sp³-hybridized carbons (Fsp3) is 0.667. The molecule has 1 aliphatic rings. The second-order valence-corrected chi connectivity index (χ2v) is 3.43. The fourth-order valence-electron chi connectivity index (χ4n) is 1.54. The first kappa shape index (κ1) is 8.79. The van der Waals surface area contributed by atoms with Crippen molar-refractivity contribution in [3.63, 3.8) is 0 Å². The fourth-order valence-corrected chi connectivity index (χ4v) is 1.61. The lowest BCUT2D eigenvalue weighted by Crippen LogP contribution is -2.02. The van der Waals surface area contributed by atoms with E-state index >= 15 is 0 Å². The number of carbonyl (C=O) groups is 1. The third-order valence-electron chi connectivity index (χ3n) is 2.15. The highest BCUT2D eigenvalue weighted by Gasteiger charge is 2.09. The maximum atomic E-state index is 10.4. The zero-order valence-corrected chi connectivity index (χ0v) is 7.31. The van der Waals surface area contributed by atoms with Gasteiger partial charge in [-0.15, -0.1) is 0 Å². The van der Waals surface area contributed by atoms with E-state index in [2.05, 4.69) is 0 Å². The Labute approximate surface area is 72.4 Å². The molecule has 0 bridgehead atoms. The van der Waals surface area contributed by atoms with E-state index < -0.39 is 0 Å². The van der Waals surface area contributed by atoms with Crippen LogP contribution in [0.5, 0.6) is 0 Å². The summed E-state index contributed by atoms with van der Waals surface area (Å²) in [5.74, 6) is 0.603. The van der Waals surface area contributed by atoms with E-state index in [9.17, 15) is 4.79 Å². The molecule has 0 aliphatic heterocycles. The van der Waals surface area contributed by atoms with Crippen molar-refractivity contribution in [2.45, 2.75) is 32.1 Å². The molecule has 0 aromatic heterocycles. The predicted octanol–water partition coefficient (Wildman–Crippen LogP) is 2.89. The number of rotatable bonds is 2. The Morgan fingerprint density at radius 3 is 2.45 bits per heavy atom. The molecule has 0 saturated heterocycles. The summed E-state index contributed by atoms with van der Waals surface area (Å²) in [6.07, 6.45) is 9.82. The number of hydrogen-bond acceptors (Lipinski definition) is 1. The lowest BCUT2D eigenvalue weighted by Gasteiger charge is -2.17. The van der Waals surface area contributed by atoms with Crippen LogP contribution in [-0.2, 0) is 4.79 Å². The van der Waals surface area contributed by atoms with Gasteiger partial charge in [0.2, 0.25) is 5.24 Å². The van der Waals surface area contributed by atoms with Crippen molar-refractivity contribution >= 4 is 16.8 Å². The molecule has 11 heavy (non-hydrogen) atoms. The number of halogens is 1. The largest absolute Gasteiger partial charge is 0.276 e. The van der Waals surface area contributed by atoms with Crippen molar-refractivity contribution < 1.29 is 4.79 Å². The Morgan fingerprint density at radius 2 is 1.91 bits per heavy atom. The normalized spacial score (nSPS) is 20.8. The zero-order chi connectivity index (χ0) is 8.10. The molecule has 0 aromatic rings. The van der Waals surface area contributed by atoms with E-state index in [4.69, 9.17) is 11.6 Å². The molecule has 0 aromatic carbocycles. The SMILES string of the molecule is O=C(Cl)C=CC1CCCCC1. The molecular weight excluding hydrogens is 160 g/mol. The van der Waals surface area contributed by atoms with Gasteiger partial charge in [0.1, 0.15) is 0 Å². The van der Waals surface area contributed by atoms with Gasteiger partial charge in [0.15, 0.2) is 0 Å². The Morgan fingerprint density at radius 1 is 1.27 bits per heavy atom. The highest BCUT2D eigenvalue weighted by Crippen LogP contribution is 2.24. The minimum atomic E-state index is -0.351. The summed E-state index contributed by atoms with van der Waals surface area (Å²) in [5, 5.41) is -0.351. The van der Waals surface area contributed by atoms with Crippen LogP contribution >= 0.6 is 11.6 Å². The molecule has 0 radical (unpaired) electrons. The molecule has 0 heterocycles. The summed E-state index contributed by atoms with van der Waals surface area (Å²) in [6, 6.07) is 0. The maximum absolute atomic E-state index is 10.4. The van der Waals surface area contributed by atoms with Gasteiger partial charge in [-0.1, -0.05) is 25.3 Å². The van der Waals surface area contributed by atoms with Crippen molar-refractivity contribution in [1.29, 1.82) is 0 Å². The van der Waals surface area contributed by atoms with E-state index in [1.165, 1.54) is 38.2 Å². The maximum Gasteiger partial charge on any atom is 0.244 e. The van der Waals surface area contributed by atoms with Gasteiger partial charge < -0.3 is 0 Å². The third-order valence-corrected chi connectivity index (χ3v) is 2.28. The summed E-state index contributed by atoms with van der Waals surface area (Å²) in [7, 11) is 0. The minimum absolute atomic E-state index is 0.351. The molecule has 0 atom stereocenters. The molecule has 1 saturated carbocycles. The number of carbonyl (C=O) groups excluding carboxylic acids is 1. The van der Waals surface area contributed by atoms with Gasteiger partial charge >= 0.3 is 0 Å². The quantitative estimate of drug-likeness (QED) is 0.463. The third kappa shape index (κ3) is 3.57. The molecule has 0 spiro atoms. The lowest BCUT2D eigenvalue weighted by atomic mass is 9.89. The molecular formula is C9H13ClO. The Hall–Kier alpha value is -0.300. The minimum Gasteiger partial charge on any atom is -0.276 e. The lowest BCUT2D eigenvalue weighted by molar-refractivity contribution is -0.107. The van der Waals surface area contributed by atoms with E-state index in [0.717, 1.165) is 0 Å². The highest BCUT2D eigenvalue weighted by atomic mass is 35.5. The van der Waals surface area contributed by atoms with Gasteiger partial charge in [-0.25, -0.2) is 0 Å². The molecule has 1 aliphatic carbocycles. The van der Waals surface area contributed by atoms with Crippen LogP contribution in [0, 0.1) is 5.92 Å². The van der Waals surface area contributed by atoms with Crippen molar-refractivity contribution in [1.82, 2.24) is 0 Å². The molecule has 2 heteroatoms. The van der Waals surface area contributed by atoms with Crippen LogP contribution in [0.3, 0.4) is 0 Å². The first-order valence-electron chi connectivity index (χ1n) is 4.16. The first-order chi connectivity index (χ1) is 5.29. The van der Waals surface area contributed by atoms with Crippen molar-refractivity contribution in [3.05, 3.63) is 12.2 Å². The van der Waals surface area contributed by atoms with Gasteiger partial charge in [0.05, 0.1) is 0 Å². The zero-order valence-electron chi connectivity index (χ0n) is 6.55. The van der Waals surface area contributed by atoms with Crippen molar-refractivity contribution in [3.8, 4) is 0 Å². The molecule has 62 valence electrons. The first-order valence-corrected chi connectivity index (χ1v) is 4.54. The van der Waals surface area contributed by atoms with Gasteiger partial charge in [-0.05, 0) is 36.4 Å². The van der Waals surface area contributed by atoms with E-state index in [0.29, 0.717) is 5.92 Å². The summed E-state index contributed by atoms with van der Waals surface area (Å²) >= 11 is 5.17. The highest BCUT2D eigenvalue weighted by molar-refractivity contribution is 6.66. The average Bonchev–Trinajstić information content (AvgIpc) is 2.03. The van der Waals surface area contributed by atoms with E-state index in [1.807, 2.05) is 6.08 Å². The molecule has 0 unspecified atom stereocenters. The molecule has 1 nitrogen and oxygen atoms in total. The summed E-state index contributed by atoms with van der Waals surface area (Å²) in [4.78, 5) is 10.4. The standard InChI is InChI=1S/C9H13ClO/c10-9(11)7-6-8-4-2-1-3-5-8/h6-8H,1-5H2. The Bertz CT molecular complexity index is 157. The summed E-state index contributed by atoms with van der Waals surface area (Å²) in [6.45, 7) is 0. The van der Waals surface area contributed by atoms with Crippen LogP contribution in [-0.4, -0.2) is 5.24 Å². The number of allylic oxidation sites excluding steroid dienone is 2. The molecule has 0 amide bonds. The van der Waals surface area contributed by atoms with Crippen LogP contribution in [0.2, 0.25) is 0 Å². The van der Waals surface area contributed by atoms with Crippen LogP contribution < -0.4 is 0 Å². The van der Waals surface area contributed by atoms with Crippen LogP contribution in [0.15, 0.2) is 12.2 Å². The molecule has 1 rings (SSSR count). The van der Waals surface area contributed by atoms with Crippen LogP contribution in [0.1, 0.15) is 32.1 Å². The number of hydrogen-bond donors (Lipinski definition) is 0. The second kappa shape index (κ2) is 4.55. The van der Waals surface area contributed by atoms with Gasteiger partial charge in [-0.2, -0.15) is 0 Å². The van der Waals surface area contributed by atoms with Gasteiger partial charge in [0, 0.05) is 0 Å².